The molecule has 0 radical (unpaired) electrons. The zero-order valence-electron chi connectivity index (χ0n) is 12.3. The Balaban J connectivity index is 2.52. The van der Waals surface area contributed by atoms with Crippen molar-refractivity contribution in [3.8, 4) is 0 Å². The number of anilines is 1. The molecule has 3 amide bonds. The van der Waals surface area contributed by atoms with Crippen LogP contribution < -0.4 is 16.0 Å². The van der Waals surface area contributed by atoms with Crippen molar-refractivity contribution in [2.75, 3.05) is 25.6 Å². The van der Waals surface area contributed by atoms with E-state index in [1.165, 1.54) is 0 Å². The summed E-state index contributed by atoms with van der Waals surface area (Å²) in [5, 5.41) is 8.09. The van der Waals surface area contributed by atoms with Gasteiger partial charge in [0.15, 0.2) is 0 Å². The van der Waals surface area contributed by atoms with Crippen molar-refractivity contribution in [3.05, 3.63) is 42.5 Å². The second-order valence-corrected chi connectivity index (χ2v) is 4.53. The molecule has 1 aromatic rings. The standard InChI is InChI=1S/C15H21N3O3/c1-4-9-16-14(19)12-5-7-13(8-6-12)18-15(20)17-11(2)10-21-3/h4-8,11H,1,9-10H2,2-3H3,(H,16,19)(H2,17,18,20). The largest absolute Gasteiger partial charge is 0.383 e. The number of carbonyl (C=O) groups excluding carboxylic acids is 2. The third kappa shape index (κ3) is 6.09. The van der Waals surface area contributed by atoms with Gasteiger partial charge in [-0.25, -0.2) is 4.79 Å². The summed E-state index contributed by atoms with van der Waals surface area (Å²) in [6.45, 7) is 6.23. The van der Waals surface area contributed by atoms with Crippen LogP contribution >= 0.6 is 0 Å². The number of nitrogens with one attached hydrogen (secondary N) is 3. The summed E-state index contributed by atoms with van der Waals surface area (Å²) in [6, 6.07) is 6.23. The van der Waals surface area contributed by atoms with Gasteiger partial charge in [0, 0.05) is 24.9 Å². The second-order valence-electron chi connectivity index (χ2n) is 4.53. The molecule has 1 aromatic carbocycles. The molecule has 0 heterocycles. The summed E-state index contributed by atoms with van der Waals surface area (Å²) >= 11 is 0. The lowest BCUT2D eigenvalue weighted by Crippen LogP contribution is -2.38. The van der Waals surface area contributed by atoms with E-state index in [0.717, 1.165) is 0 Å². The first-order valence-corrected chi connectivity index (χ1v) is 6.62. The van der Waals surface area contributed by atoms with Gasteiger partial charge in [-0.3, -0.25) is 4.79 Å². The molecular formula is C15H21N3O3. The molecule has 6 heteroatoms. The Kier molecular flexibility index (Phi) is 6.97. The molecule has 0 aliphatic rings. The molecule has 1 rings (SSSR count). The lowest BCUT2D eigenvalue weighted by molar-refractivity contribution is 0.0958. The van der Waals surface area contributed by atoms with E-state index in [0.29, 0.717) is 24.4 Å². The summed E-state index contributed by atoms with van der Waals surface area (Å²) in [5.41, 5.74) is 1.13. The highest BCUT2D eigenvalue weighted by molar-refractivity contribution is 5.95. The fourth-order valence-electron chi connectivity index (χ4n) is 1.65. The predicted octanol–water partition coefficient (Wildman–Crippen LogP) is 1.76. The highest BCUT2D eigenvalue weighted by atomic mass is 16.5. The highest BCUT2D eigenvalue weighted by Crippen LogP contribution is 2.09. The van der Waals surface area contributed by atoms with Gasteiger partial charge in [0.1, 0.15) is 0 Å². The molecule has 21 heavy (non-hydrogen) atoms. The SMILES string of the molecule is C=CCNC(=O)c1ccc(NC(=O)NC(C)COC)cc1. The van der Waals surface area contributed by atoms with Crippen LogP contribution in [0.1, 0.15) is 17.3 Å². The second kappa shape index (κ2) is 8.76. The molecule has 0 spiro atoms. The van der Waals surface area contributed by atoms with Crippen LogP contribution in [0.25, 0.3) is 0 Å². The van der Waals surface area contributed by atoms with Gasteiger partial charge < -0.3 is 20.7 Å². The molecule has 0 fully saturated rings. The maximum Gasteiger partial charge on any atom is 0.319 e. The third-order valence-corrected chi connectivity index (χ3v) is 2.61. The first-order valence-electron chi connectivity index (χ1n) is 6.62. The molecule has 0 saturated heterocycles. The summed E-state index contributed by atoms with van der Waals surface area (Å²) in [5.74, 6) is -0.181. The fraction of sp³-hybridized carbons (Fsp3) is 0.333. The maximum atomic E-state index is 11.7. The van der Waals surface area contributed by atoms with E-state index in [2.05, 4.69) is 22.5 Å². The van der Waals surface area contributed by atoms with E-state index < -0.39 is 0 Å². The van der Waals surface area contributed by atoms with Gasteiger partial charge in [-0.1, -0.05) is 6.08 Å². The number of hydrogen-bond acceptors (Lipinski definition) is 3. The van der Waals surface area contributed by atoms with Crippen molar-refractivity contribution in [1.29, 1.82) is 0 Å². The lowest BCUT2D eigenvalue weighted by atomic mass is 10.2. The predicted molar refractivity (Wildman–Crippen MR) is 82.5 cm³/mol. The Labute approximate surface area is 124 Å². The summed E-state index contributed by atoms with van der Waals surface area (Å²) < 4.78 is 4.94. The van der Waals surface area contributed by atoms with Crippen LogP contribution in [-0.2, 0) is 4.74 Å². The Morgan fingerprint density at radius 2 is 2.00 bits per heavy atom. The zero-order chi connectivity index (χ0) is 15.7. The molecule has 0 aliphatic heterocycles. The zero-order valence-corrected chi connectivity index (χ0v) is 12.3. The molecule has 0 saturated carbocycles. The van der Waals surface area contributed by atoms with E-state index in [9.17, 15) is 9.59 Å². The number of carbonyl (C=O) groups is 2. The van der Waals surface area contributed by atoms with Crippen LogP contribution in [0.3, 0.4) is 0 Å². The Bertz CT molecular complexity index is 485. The van der Waals surface area contributed by atoms with E-state index in [4.69, 9.17) is 4.74 Å². The summed E-state index contributed by atoms with van der Waals surface area (Å²) in [4.78, 5) is 23.4. The Morgan fingerprint density at radius 3 is 2.57 bits per heavy atom. The van der Waals surface area contributed by atoms with Crippen molar-refractivity contribution < 1.29 is 14.3 Å². The minimum Gasteiger partial charge on any atom is -0.383 e. The van der Waals surface area contributed by atoms with Gasteiger partial charge in [0.2, 0.25) is 0 Å². The molecule has 3 N–H and O–H groups in total. The first-order chi connectivity index (χ1) is 10.1. The third-order valence-electron chi connectivity index (χ3n) is 2.61. The van der Waals surface area contributed by atoms with Crippen LogP contribution in [0.2, 0.25) is 0 Å². The highest BCUT2D eigenvalue weighted by Gasteiger charge is 2.08. The van der Waals surface area contributed by atoms with Gasteiger partial charge in [-0.2, -0.15) is 0 Å². The van der Waals surface area contributed by atoms with Crippen molar-refractivity contribution in [2.24, 2.45) is 0 Å². The molecule has 1 atom stereocenters. The van der Waals surface area contributed by atoms with Crippen molar-refractivity contribution in [3.63, 3.8) is 0 Å². The van der Waals surface area contributed by atoms with E-state index in [1.807, 2.05) is 6.92 Å². The number of rotatable bonds is 7. The van der Waals surface area contributed by atoms with Crippen LogP contribution in [-0.4, -0.2) is 38.2 Å². The summed E-state index contributed by atoms with van der Waals surface area (Å²) in [7, 11) is 1.58. The van der Waals surface area contributed by atoms with Crippen LogP contribution in [0.4, 0.5) is 10.5 Å². The first kappa shape index (κ1) is 16.7. The quantitative estimate of drug-likeness (QED) is 0.670. The normalized spacial score (nSPS) is 11.3. The molecule has 114 valence electrons. The Hall–Kier alpha value is -2.34. The monoisotopic (exact) mass is 291 g/mol. The molecule has 1 unspecified atom stereocenters. The molecular weight excluding hydrogens is 270 g/mol. The fourth-order valence-corrected chi connectivity index (χ4v) is 1.65. The number of amides is 3. The van der Waals surface area contributed by atoms with Crippen LogP contribution in [0.5, 0.6) is 0 Å². The smallest absolute Gasteiger partial charge is 0.319 e. The average molecular weight is 291 g/mol. The molecule has 0 aromatic heterocycles. The van der Waals surface area contributed by atoms with Crippen molar-refractivity contribution >= 4 is 17.6 Å². The van der Waals surface area contributed by atoms with Crippen molar-refractivity contribution in [2.45, 2.75) is 13.0 Å². The average Bonchev–Trinajstić information content (AvgIpc) is 2.45. The maximum absolute atomic E-state index is 11.7. The van der Waals surface area contributed by atoms with Gasteiger partial charge in [0.25, 0.3) is 5.91 Å². The molecule has 0 bridgehead atoms. The lowest BCUT2D eigenvalue weighted by Gasteiger charge is -2.13. The van der Waals surface area contributed by atoms with Gasteiger partial charge >= 0.3 is 6.03 Å². The number of methoxy groups -OCH3 is 1. The minimum atomic E-state index is -0.316. The summed E-state index contributed by atoms with van der Waals surface area (Å²) in [6.07, 6.45) is 1.61. The van der Waals surface area contributed by atoms with Gasteiger partial charge in [-0.15, -0.1) is 6.58 Å². The van der Waals surface area contributed by atoms with E-state index >= 15 is 0 Å². The Morgan fingerprint density at radius 1 is 1.33 bits per heavy atom. The van der Waals surface area contributed by atoms with E-state index in [1.54, 1.807) is 37.5 Å². The van der Waals surface area contributed by atoms with E-state index in [-0.39, 0.29) is 18.0 Å². The topological polar surface area (TPSA) is 79.5 Å². The number of ether oxygens (including phenoxy) is 1. The van der Waals surface area contributed by atoms with Gasteiger partial charge in [0.05, 0.1) is 12.6 Å². The van der Waals surface area contributed by atoms with Gasteiger partial charge in [-0.05, 0) is 31.2 Å². The minimum absolute atomic E-state index is 0.0843. The number of benzene rings is 1. The van der Waals surface area contributed by atoms with Crippen LogP contribution in [0.15, 0.2) is 36.9 Å². The molecule has 0 aliphatic carbocycles. The van der Waals surface area contributed by atoms with Crippen molar-refractivity contribution in [1.82, 2.24) is 10.6 Å². The number of urea groups is 1. The number of hydrogen-bond donors (Lipinski definition) is 3. The van der Waals surface area contributed by atoms with Crippen LogP contribution in [0, 0.1) is 0 Å². The molecule has 6 nitrogen and oxygen atoms in total.